The van der Waals surface area contributed by atoms with Crippen LogP contribution in [-0.4, -0.2) is 54.3 Å². The summed E-state index contributed by atoms with van der Waals surface area (Å²) in [6, 6.07) is 5.34. The van der Waals surface area contributed by atoms with Crippen LogP contribution in [0.3, 0.4) is 0 Å². The van der Waals surface area contributed by atoms with Gasteiger partial charge in [0.25, 0.3) is 0 Å². The van der Waals surface area contributed by atoms with E-state index in [1.165, 1.54) is 14.0 Å². The molecule has 1 aliphatic rings. The first-order chi connectivity index (χ1) is 13.7. The van der Waals surface area contributed by atoms with Crippen LogP contribution in [0.1, 0.15) is 17.6 Å². The summed E-state index contributed by atoms with van der Waals surface area (Å²) in [6.45, 7) is 2.92. The second kappa shape index (κ2) is 8.19. The summed E-state index contributed by atoms with van der Waals surface area (Å²) in [7, 11) is 1.51. The number of anilines is 1. The lowest BCUT2D eigenvalue weighted by atomic mass is 10.2. The van der Waals surface area contributed by atoms with Gasteiger partial charge < -0.3 is 9.64 Å². The van der Waals surface area contributed by atoms with Crippen molar-refractivity contribution in [1.29, 1.82) is 0 Å². The average molecular weight is 435 g/mol. The van der Waals surface area contributed by atoms with E-state index in [2.05, 4.69) is 5.10 Å². The number of nitrogens with zero attached hydrogens (tertiary/aromatic N) is 4. The number of aromatic nitrogens is 2. The molecule has 0 N–H and O–H groups in total. The second-order valence-corrected chi connectivity index (χ2v) is 6.99. The molecule has 11 heteroatoms. The SMILES string of the molecule is COc1cc(N2CCN(C(C=O)n3nc(C(F)(F)F)c(F)c3C)CC2)ccc1Cl. The highest BCUT2D eigenvalue weighted by Gasteiger charge is 2.40. The molecule has 0 spiro atoms. The minimum absolute atomic E-state index is 0.334. The molecule has 1 aromatic carbocycles. The van der Waals surface area contributed by atoms with Crippen molar-refractivity contribution in [3.05, 3.63) is 40.4 Å². The molecule has 6 nitrogen and oxygen atoms in total. The zero-order valence-corrected chi connectivity index (χ0v) is 16.5. The van der Waals surface area contributed by atoms with Crippen molar-refractivity contribution in [3.63, 3.8) is 0 Å². The van der Waals surface area contributed by atoms with Crippen LogP contribution in [0.4, 0.5) is 23.2 Å². The maximum atomic E-state index is 14.0. The van der Waals surface area contributed by atoms with E-state index < -0.39 is 23.9 Å². The Kier molecular flexibility index (Phi) is 6.04. The highest BCUT2D eigenvalue weighted by Crippen LogP contribution is 2.33. The van der Waals surface area contributed by atoms with Crippen molar-refractivity contribution in [2.45, 2.75) is 19.3 Å². The Labute approximate surface area is 169 Å². The molecule has 29 heavy (non-hydrogen) atoms. The van der Waals surface area contributed by atoms with Crippen molar-refractivity contribution in [2.24, 2.45) is 0 Å². The summed E-state index contributed by atoms with van der Waals surface area (Å²) in [6.07, 6.45) is -5.58. The molecule has 1 fully saturated rings. The Morgan fingerprint density at radius 3 is 2.41 bits per heavy atom. The average Bonchev–Trinajstić information content (AvgIpc) is 2.99. The molecule has 1 aliphatic heterocycles. The molecule has 0 aliphatic carbocycles. The van der Waals surface area contributed by atoms with Gasteiger partial charge in [0.05, 0.1) is 17.8 Å². The van der Waals surface area contributed by atoms with Crippen molar-refractivity contribution >= 4 is 23.6 Å². The predicted octanol–water partition coefficient (Wildman–Crippen LogP) is 3.53. The molecule has 0 amide bonds. The number of aldehydes is 1. The van der Waals surface area contributed by atoms with Crippen molar-refractivity contribution in [3.8, 4) is 5.75 Å². The molecule has 1 atom stereocenters. The fourth-order valence-electron chi connectivity index (χ4n) is 3.33. The van der Waals surface area contributed by atoms with Crippen LogP contribution in [0, 0.1) is 12.7 Å². The number of hydrogen-bond donors (Lipinski definition) is 0. The van der Waals surface area contributed by atoms with Gasteiger partial charge in [-0.2, -0.15) is 18.3 Å². The van der Waals surface area contributed by atoms with Crippen LogP contribution in [0.5, 0.6) is 5.75 Å². The third-order valence-corrected chi connectivity index (χ3v) is 5.22. The third-order valence-electron chi connectivity index (χ3n) is 4.91. The minimum atomic E-state index is -4.93. The molecule has 2 heterocycles. The summed E-state index contributed by atoms with van der Waals surface area (Å²) in [5.41, 5.74) is -1.08. The van der Waals surface area contributed by atoms with E-state index in [9.17, 15) is 22.4 Å². The van der Waals surface area contributed by atoms with Crippen LogP contribution in [-0.2, 0) is 11.0 Å². The molecular formula is C18H19ClF4N4O2. The zero-order valence-electron chi connectivity index (χ0n) is 15.7. The van der Waals surface area contributed by atoms with Gasteiger partial charge in [0.15, 0.2) is 18.3 Å². The number of benzene rings is 1. The molecule has 2 aromatic rings. The first kappa shape index (κ1) is 21.4. The molecule has 1 unspecified atom stereocenters. The van der Waals surface area contributed by atoms with Crippen molar-refractivity contribution in [2.75, 3.05) is 38.2 Å². The lowest BCUT2D eigenvalue weighted by Crippen LogP contribution is -2.49. The molecule has 0 saturated carbocycles. The fourth-order valence-corrected chi connectivity index (χ4v) is 3.52. The van der Waals surface area contributed by atoms with Crippen molar-refractivity contribution < 1.29 is 27.1 Å². The van der Waals surface area contributed by atoms with E-state index in [1.807, 2.05) is 11.0 Å². The Balaban J connectivity index is 1.77. The van der Waals surface area contributed by atoms with Gasteiger partial charge in [0.1, 0.15) is 5.75 Å². The van der Waals surface area contributed by atoms with E-state index in [4.69, 9.17) is 16.3 Å². The van der Waals surface area contributed by atoms with Crippen molar-refractivity contribution in [1.82, 2.24) is 14.7 Å². The van der Waals surface area contributed by atoms with E-state index >= 15 is 0 Å². The first-order valence-electron chi connectivity index (χ1n) is 8.77. The quantitative estimate of drug-likeness (QED) is 0.532. The molecule has 1 saturated heterocycles. The number of piperazine rings is 1. The highest BCUT2D eigenvalue weighted by molar-refractivity contribution is 6.32. The van der Waals surface area contributed by atoms with E-state index in [0.717, 1.165) is 10.4 Å². The van der Waals surface area contributed by atoms with Crippen LogP contribution >= 0.6 is 11.6 Å². The number of hydrogen-bond acceptors (Lipinski definition) is 5. The number of carbonyl (C=O) groups is 1. The molecule has 1 aromatic heterocycles. The topological polar surface area (TPSA) is 50.6 Å². The van der Waals surface area contributed by atoms with Gasteiger partial charge >= 0.3 is 6.18 Å². The van der Waals surface area contributed by atoms with Gasteiger partial charge in [-0.1, -0.05) is 11.6 Å². The van der Waals surface area contributed by atoms with Gasteiger partial charge in [0, 0.05) is 37.9 Å². The summed E-state index contributed by atoms with van der Waals surface area (Å²) >= 11 is 6.04. The fraction of sp³-hybridized carbons (Fsp3) is 0.444. The molecule has 158 valence electrons. The summed E-state index contributed by atoms with van der Waals surface area (Å²) in [5, 5.41) is 3.81. The van der Waals surface area contributed by atoms with E-state index in [1.54, 1.807) is 17.0 Å². The largest absolute Gasteiger partial charge is 0.495 e. The Morgan fingerprint density at radius 2 is 1.90 bits per heavy atom. The minimum Gasteiger partial charge on any atom is -0.495 e. The summed E-state index contributed by atoms with van der Waals surface area (Å²) in [5.74, 6) is -0.934. The van der Waals surface area contributed by atoms with Gasteiger partial charge in [-0.3, -0.25) is 9.69 Å². The summed E-state index contributed by atoms with van der Waals surface area (Å²) < 4.78 is 58.8. The lowest BCUT2D eigenvalue weighted by Gasteiger charge is -2.38. The van der Waals surface area contributed by atoms with Gasteiger partial charge in [0.2, 0.25) is 5.69 Å². The highest BCUT2D eigenvalue weighted by atomic mass is 35.5. The number of rotatable bonds is 5. The number of alkyl halides is 3. The number of methoxy groups -OCH3 is 1. The zero-order chi connectivity index (χ0) is 21.3. The predicted molar refractivity (Wildman–Crippen MR) is 98.8 cm³/mol. The van der Waals surface area contributed by atoms with Crippen LogP contribution < -0.4 is 9.64 Å². The normalized spacial score (nSPS) is 16.7. The third kappa shape index (κ3) is 4.18. The van der Waals surface area contributed by atoms with Gasteiger partial charge in [-0.05, 0) is 19.1 Å². The number of ether oxygens (including phenoxy) is 1. The molecule has 0 radical (unpaired) electrons. The van der Waals surface area contributed by atoms with Gasteiger partial charge in [-0.25, -0.2) is 9.07 Å². The first-order valence-corrected chi connectivity index (χ1v) is 9.14. The van der Waals surface area contributed by atoms with Crippen LogP contribution in [0.15, 0.2) is 18.2 Å². The molecular weight excluding hydrogens is 416 g/mol. The van der Waals surface area contributed by atoms with Crippen LogP contribution in [0.2, 0.25) is 5.02 Å². The molecule has 0 bridgehead atoms. The van der Waals surface area contributed by atoms with Gasteiger partial charge in [-0.15, -0.1) is 0 Å². The molecule has 3 rings (SSSR count). The lowest BCUT2D eigenvalue weighted by molar-refractivity contribution is -0.144. The Bertz CT molecular complexity index is 895. The standard InChI is InChI=1S/C18H19ClF4N4O2/c1-11-16(20)17(18(21,22)23)24-27(11)15(10-28)26-7-5-25(6-8-26)12-3-4-13(19)14(9-12)29-2/h3-4,9-10,15H,5-8H2,1-2H3. The maximum absolute atomic E-state index is 14.0. The van der Waals surface area contributed by atoms with Crippen LogP contribution in [0.25, 0.3) is 0 Å². The number of carbonyl (C=O) groups excluding carboxylic acids is 1. The Hall–Kier alpha value is -2.33. The second-order valence-electron chi connectivity index (χ2n) is 6.58. The number of halogens is 5. The van der Waals surface area contributed by atoms with E-state index in [0.29, 0.717) is 43.2 Å². The smallest absolute Gasteiger partial charge is 0.438 e. The Morgan fingerprint density at radius 1 is 1.24 bits per heavy atom. The summed E-state index contributed by atoms with van der Waals surface area (Å²) in [4.78, 5) is 15.3. The van der Waals surface area contributed by atoms with E-state index in [-0.39, 0.29) is 5.69 Å². The monoisotopic (exact) mass is 434 g/mol. The maximum Gasteiger partial charge on any atom is 0.438 e.